The van der Waals surface area contributed by atoms with Crippen LogP contribution in [0.25, 0.3) is 0 Å². The third kappa shape index (κ3) is 6.58. The van der Waals surface area contributed by atoms with Crippen molar-refractivity contribution < 1.29 is 13.2 Å². The molecule has 3 N–H and O–H groups in total. The Bertz CT molecular complexity index is 627. The number of hydrogen-bond acceptors (Lipinski definition) is 4. The van der Waals surface area contributed by atoms with E-state index in [1.165, 1.54) is 0 Å². The molecule has 1 aliphatic heterocycles. The summed E-state index contributed by atoms with van der Waals surface area (Å²) >= 11 is 0. The van der Waals surface area contributed by atoms with Crippen molar-refractivity contribution in [1.82, 2.24) is 9.62 Å². The van der Waals surface area contributed by atoms with Gasteiger partial charge in [0.05, 0.1) is 4.90 Å². The van der Waals surface area contributed by atoms with Crippen molar-refractivity contribution in [2.75, 3.05) is 26.2 Å². The number of nitrogens with one attached hydrogen (secondary N) is 1. The molecule has 6 nitrogen and oxygen atoms in total. The second-order valence-corrected chi connectivity index (χ2v) is 8.04. The van der Waals surface area contributed by atoms with E-state index in [9.17, 15) is 13.2 Å². The molecular formula is C17H28ClN3O3S. The zero-order valence-electron chi connectivity index (χ0n) is 14.4. The van der Waals surface area contributed by atoms with E-state index >= 15 is 0 Å². The molecule has 1 aromatic rings. The number of rotatable bonds is 7. The Morgan fingerprint density at radius 1 is 1.08 bits per heavy atom. The molecule has 0 spiro atoms. The SMILES string of the molecule is Cl.NCCNC(=O)CCc1ccc(S(=O)(=O)N2CCCCCC2)cc1. The van der Waals surface area contributed by atoms with E-state index in [0.29, 0.717) is 43.9 Å². The van der Waals surface area contributed by atoms with Crippen LogP contribution in [-0.2, 0) is 21.2 Å². The summed E-state index contributed by atoms with van der Waals surface area (Å²) < 4.78 is 27.0. The van der Waals surface area contributed by atoms with Crippen LogP contribution in [0.3, 0.4) is 0 Å². The van der Waals surface area contributed by atoms with Crippen LogP contribution in [0.15, 0.2) is 29.2 Å². The van der Waals surface area contributed by atoms with Gasteiger partial charge in [-0.3, -0.25) is 4.79 Å². The number of carbonyl (C=O) groups is 1. The van der Waals surface area contributed by atoms with E-state index < -0.39 is 10.0 Å². The summed E-state index contributed by atoms with van der Waals surface area (Å²) in [6, 6.07) is 6.88. The number of hydrogen-bond donors (Lipinski definition) is 2. The quantitative estimate of drug-likeness (QED) is 0.742. The standard InChI is InChI=1S/C17H27N3O3S.ClH/c18-11-12-19-17(21)10-7-15-5-8-16(9-6-15)24(22,23)20-13-3-1-2-4-14-20;/h5-6,8-9H,1-4,7,10-14,18H2,(H,19,21);1H. The lowest BCUT2D eigenvalue weighted by atomic mass is 10.1. The molecule has 0 aromatic heterocycles. The van der Waals surface area contributed by atoms with Crippen molar-refractivity contribution in [2.45, 2.75) is 43.4 Å². The minimum Gasteiger partial charge on any atom is -0.355 e. The van der Waals surface area contributed by atoms with E-state index in [4.69, 9.17) is 5.73 Å². The van der Waals surface area contributed by atoms with E-state index in [0.717, 1.165) is 31.2 Å². The molecule has 1 aliphatic rings. The van der Waals surface area contributed by atoms with Gasteiger partial charge in [0.2, 0.25) is 15.9 Å². The minimum atomic E-state index is -3.41. The Labute approximate surface area is 156 Å². The molecule has 142 valence electrons. The van der Waals surface area contributed by atoms with Crippen LogP contribution in [0.2, 0.25) is 0 Å². The van der Waals surface area contributed by atoms with Gasteiger partial charge < -0.3 is 11.1 Å². The van der Waals surface area contributed by atoms with Gasteiger partial charge in [-0.25, -0.2) is 8.42 Å². The van der Waals surface area contributed by atoms with Gasteiger partial charge in [-0.1, -0.05) is 25.0 Å². The largest absolute Gasteiger partial charge is 0.355 e. The molecule has 1 heterocycles. The van der Waals surface area contributed by atoms with Gasteiger partial charge in [-0.15, -0.1) is 12.4 Å². The van der Waals surface area contributed by atoms with Crippen molar-refractivity contribution in [3.63, 3.8) is 0 Å². The lowest BCUT2D eigenvalue weighted by molar-refractivity contribution is -0.121. The van der Waals surface area contributed by atoms with Crippen molar-refractivity contribution >= 4 is 28.3 Å². The predicted molar refractivity (Wildman–Crippen MR) is 101 cm³/mol. The van der Waals surface area contributed by atoms with Gasteiger partial charge in [-0.05, 0) is 37.0 Å². The van der Waals surface area contributed by atoms with Crippen LogP contribution in [0.5, 0.6) is 0 Å². The van der Waals surface area contributed by atoms with Crippen molar-refractivity contribution in [3.05, 3.63) is 29.8 Å². The average molecular weight is 390 g/mol. The van der Waals surface area contributed by atoms with Crippen molar-refractivity contribution in [1.29, 1.82) is 0 Å². The molecule has 2 rings (SSSR count). The first kappa shape index (κ1) is 21.9. The molecule has 8 heteroatoms. The van der Waals surface area contributed by atoms with Gasteiger partial charge in [-0.2, -0.15) is 4.31 Å². The summed E-state index contributed by atoms with van der Waals surface area (Å²) in [5.41, 5.74) is 6.29. The van der Waals surface area contributed by atoms with Gasteiger partial charge in [0, 0.05) is 32.6 Å². The van der Waals surface area contributed by atoms with Gasteiger partial charge in [0.15, 0.2) is 0 Å². The van der Waals surface area contributed by atoms with Crippen molar-refractivity contribution in [3.8, 4) is 0 Å². The Morgan fingerprint density at radius 2 is 1.68 bits per heavy atom. The normalized spacial score (nSPS) is 15.9. The second-order valence-electron chi connectivity index (χ2n) is 6.10. The number of nitrogens with zero attached hydrogens (tertiary/aromatic N) is 1. The average Bonchev–Trinajstić information content (AvgIpc) is 2.88. The molecule has 25 heavy (non-hydrogen) atoms. The van der Waals surface area contributed by atoms with Crippen LogP contribution >= 0.6 is 12.4 Å². The number of halogens is 1. The summed E-state index contributed by atoms with van der Waals surface area (Å²) in [5.74, 6) is -0.0401. The number of benzene rings is 1. The first-order valence-electron chi connectivity index (χ1n) is 8.60. The van der Waals surface area contributed by atoms with Crippen LogP contribution < -0.4 is 11.1 Å². The van der Waals surface area contributed by atoms with E-state index in [1.807, 2.05) is 0 Å². The zero-order valence-corrected chi connectivity index (χ0v) is 16.1. The number of carbonyl (C=O) groups excluding carboxylic acids is 1. The predicted octanol–water partition coefficient (Wildman–Crippen LogP) is 1.68. The molecular weight excluding hydrogens is 362 g/mol. The lowest BCUT2D eigenvalue weighted by Crippen LogP contribution is -2.31. The summed E-state index contributed by atoms with van der Waals surface area (Å²) in [6.07, 6.45) is 5.00. The molecule has 0 bridgehead atoms. The maximum Gasteiger partial charge on any atom is 0.243 e. The fourth-order valence-corrected chi connectivity index (χ4v) is 4.33. The van der Waals surface area contributed by atoms with Crippen LogP contribution in [-0.4, -0.2) is 44.8 Å². The highest BCUT2D eigenvalue weighted by atomic mass is 35.5. The molecule has 0 radical (unpaired) electrons. The zero-order chi connectivity index (χ0) is 17.4. The third-order valence-corrected chi connectivity index (χ3v) is 6.15. The van der Waals surface area contributed by atoms with Crippen LogP contribution in [0.4, 0.5) is 0 Å². The van der Waals surface area contributed by atoms with Gasteiger partial charge >= 0.3 is 0 Å². The molecule has 1 fully saturated rings. The minimum absolute atomic E-state index is 0. The van der Waals surface area contributed by atoms with E-state index in [1.54, 1.807) is 28.6 Å². The van der Waals surface area contributed by atoms with E-state index in [-0.39, 0.29) is 18.3 Å². The molecule has 1 saturated heterocycles. The fourth-order valence-electron chi connectivity index (χ4n) is 2.82. The lowest BCUT2D eigenvalue weighted by Gasteiger charge is -2.20. The second kappa shape index (κ2) is 10.8. The molecule has 0 atom stereocenters. The first-order valence-corrected chi connectivity index (χ1v) is 10.0. The molecule has 0 saturated carbocycles. The summed E-state index contributed by atoms with van der Waals surface area (Å²) in [7, 11) is -3.41. The maximum atomic E-state index is 12.7. The van der Waals surface area contributed by atoms with Crippen LogP contribution in [0.1, 0.15) is 37.7 Å². The highest BCUT2D eigenvalue weighted by Crippen LogP contribution is 2.20. The molecule has 0 unspecified atom stereocenters. The Kier molecular flexibility index (Phi) is 9.42. The van der Waals surface area contributed by atoms with E-state index in [2.05, 4.69) is 5.32 Å². The first-order chi connectivity index (χ1) is 11.5. The van der Waals surface area contributed by atoms with Gasteiger partial charge in [0.25, 0.3) is 0 Å². The Hall–Kier alpha value is -1.15. The highest BCUT2D eigenvalue weighted by molar-refractivity contribution is 7.89. The highest BCUT2D eigenvalue weighted by Gasteiger charge is 2.24. The maximum absolute atomic E-state index is 12.7. The van der Waals surface area contributed by atoms with Crippen molar-refractivity contribution in [2.24, 2.45) is 5.73 Å². The topological polar surface area (TPSA) is 92.5 Å². The molecule has 0 aliphatic carbocycles. The summed E-state index contributed by atoms with van der Waals surface area (Å²) in [6.45, 7) is 2.11. The number of amides is 1. The monoisotopic (exact) mass is 389 g/mol. The smallest absolute Gasteiger partial charge is 0.243 e. The number of sulfonamides is 1. The summed E-state index contributed by atoms with van der Waals surface area (Å²) in [5, 5.41) is 2.72. The van der Waals surface area contributed by atoms with Crippen LogP contribution in [0, 0.1) is 0 Å². The fraction of sp³-hybridized carbons (Fsp3) is 0.588. The summed E-state index contributed by atoms with van der Waals surface area (Å²) in [4.78, 5) is 11.9. The molecule has 1 aromatic carbocycles. The number of aryl methyl sites for hydroxylation is 1. The third-order valence-electron chi connectivity index (χ3n) is 4.23. The van der Waals surface area contributed by atoms with Gasteiger partial charge in [0.1, 0.15) is 0 Å². The Balaban J connectivity index is 0.00000312. The number of nitrogens with two attached hydrogens (primary N) is 1. The molecule has 1 amide bonds. The Morgan fingerprint density at radius 3 is 2.24 bits per heavy atom.